The summed E-state index contributed by atoms with van der Waals surface area (Å²) in [6.45, 7) is 0.702. The van der Waals surface area contributed by atoms with Gasteiger partial charge in [0.05, 0.1) is 27.9 Å². The Hall–Kier alpha value is -2.98. The second-order valence-corrected chi connectivity index (χ2v) is 6.10. The summed E-state index contributed by atoms with van der Waals surface area (Å²) in [7, 11) is 1.55. The van der Waals surface area contributed by atoms with Gasteiger partial charge >= 0.3 is 5.69 Å². The van der Waals surface area contributed by atoms with Crippen LogP contribution in [0.5, 0.6) is 0 Å². The number of halogens is 3. The second kappa shape index (κ2) is 6.39. The van der Waals surface area contributed by atoms with Crippen molar-refractivity contribution in [3.8, 4) is 11.8 Å². The third-order valence-electron chi connectivity index (χ3n) is 3.95. The lowest BCUT2D eigenvalue weighted by molar-refractivity contribution is 0.0173. The fourth-order valence-corrected chi connectivity index (χ4v) is 3.00. The molecule has 3 aromatic rings. The molecule has 0 saturated carbocycles. The van der Waals surface area contributed by atoms with E-state index in [4.69, 9.17) is 11.6 Å². The number of benzene rings is 2. The molecule has 8 heteroatoms. The predicted molar refractivity (Wildman–Crippen MR) is 96.2 cm³/mol. The lowest BCUT2D eigenvalue weighted by Crippen LogP contribution is -2.24. The first kappa shape index (κ1) is 17.8. The minimum Gasteiger partial charge on any atom is -0.372 e. The third kappa shape index (κ3) is 2.89. The molecule has 1 heterocycles. The number of alkyl halides is 2. The Morgan fingerprint density at radius 2 is 2.00 bits per heavy atom. The normalized spacial score (nSPS) is 11.4. The van der Waals surface area contributed by atoms with Crippen LogP contribution in [0.3, 0.4) is 0 Å². The van der Waals surface area contributed by atoms with Gasteiger partial charge in [-0.25, -0.2) is 13.6 Å². The van der Waals surface area contributed by atoms with Gasteiger partial charge in [0.25, 0.3) is 5.92 Å². The summed E-state index contributed by atoms with van der Waals surface area (Å²) < 4.78 is 29.2. The van der Waals surface area contributed by atoms with E-state index in [-0.39, 0.29) is 21.9 Å². The van der Waals surface area contributed by atoms with E-state index in [0.29, 0.717) is 18.0 Å². The molecule has 0 fully saturated rings. The molecule has 0 spiro atoms. The Morgan fingerprint density at radius 3 is 2.58 bits per heavy atom. The highest BCUT2D eigenvalue weighted by molar-refractivity contribution is 6.32. The molecule has 0 unspecified atom stereocenters. The SMILES string of the molecule is CNc1nc(=O)n(-c2ccccc2Cl)c2cc(C(C)(F)F)c(C#N)cc12. The average molecular weight is 375 g/mol. The Kier molecular flexibility index (Phi) is 4.38. The van der Waals surface area contributed by atoms with Crippen LogP contribution in [0.4, 0.5) is 14.6 Å². The third-order valence-corrected chi connectivity index (χ3v) is 4.27. The van der Waals surface area contributed by atoms with E-state index in [0.717, 1.165) is 10.6 Å². The molecule has 0 saturated heterocycles. The maximum absolute atomic E-state index is 14.0. The highest BCUT2D eigenvalue weighted by atomic mass is 35.5. The molecule has 2 aromatic carbocycles. The molecule has 0 bridgehead atoms. The fourth-order valence-electron chi connectivity index (χ4n) is 2.78. The molecule has 0 radical (unpaired) electrons. The van der Waals surface area contributed by atoms with Crippen molar-refractivity contribution in [2.24, 2.45) is 0 Å². The van der Waals surface area contributed by atoms with Crippen molar-refractivity contribution in [2.75, 3.05) is 12.4 Å². The summed E-state index contributed by atoms with van der Waals surface area (Å²) in [6.07, 6.45) is 0. The summed E-state index contributed by atoms with van der Waals surface area (Å²) in [5.74, 6) is -3.07. The van der Waals surface area contributed by atoms with E-state index in [1.807, 2.05) is 0 Å². The molecule has 0 aliphatic rings. The van der Waals surface area contributed by atoms with Gasteiger partial charge < -0.3 is 5.32 Å². The van der Waals surface area contributed by atoms with Crippen molar-refractivity contribution >= 4 is 28.3 Å². The van der Waals surface area contributed by atoms with E-state index < -0.39 is 17.2 Å². The van der Waals surface area contributed by atoms with Crippen LogP contribution in [0.15, 0.2) is 41.2 Å². The number of nitrogens with zero attached hydrogens (tertiary/aromatic N) is 3. The van der Waals surface area contributed by atoms with Gasteiger partial charge in [-0.2, -0.15) is 10.2 Å². The number of aromatic nitrogens is 2. The minimum atomic E-state index is -3.26. The van der Waals surface area contributed by atoms with Crippen LogP contribution in [0.1, 0.15) is 18.1 Å². The summed E-state index contributed by atoms with van der Waals surface area (Å²) in [6, 6.07) is 10.8. The van der Waals surface area contributed by atoms with Crippen molar-refractivity contribution in [2.45, 2.75) is 12.8 Å². The molecular weight excluding hydrogens is 362 g/mol. The van der Waals surface area contributed by atoms with Crippen molar-refractivity contribution < 1.29 is 8.78 Å². The monoisotopic (exact) mass is 374 g/mol. The Morgan fingerprint density at radius 1 is 1.31 bits per heavy atom. The average Bonchev–Trinajstić information content (AvgIpc) is 2.60. The van der Waals surface area contributed by atoms with Crippen LogP contribution in [-0.4, -0.2) is 16.6 Å². The zero-order valence-corrected chi connectivity index (χ0v) is 14.6. The number of nitriles is 1. The maximum atomic E-state index is 14.0. The van der Waals surface area contributed by atoms with Gasteiger partial charge in [-0.3, -0.25) is 4.57 Å². The van der Waals surface area contributed by atoms with Crippen molar-refractivity contribution in [1.29, 1.82) is 5.26 Å². The number of nitrogens with one attached hydrogen (secondary N) is 1. The molecule has 1 aromatic heterocycles. The van der Waals surface area contributed by atoms with Crippen LogP contribution in [0, 0.1) is 11.3 Å². The van der Waals surface area contributed by atoms with Crippen LogP contribution in [0.2, 0.25) is 5.02 Å². The Balaban J connectivity index is 2.54. The molecule has 1 N–H and O–H groups in total. The number of hydrogen-bond donors (Lipinski definition) is 1. The highest BCUT2D eigenvalue weighted by Crippen LogP contribution is 2.35. The van der Waals surface area contributed by atoms with Crippen molar-refractivity contribution in [3.63, 3.8) is 0 Å². The number of rotatable bonds is 3. The lowest BCUT2D eigenvalue weighted by atomic mass is 10.00. The van der Waals surface area contributed by atoms with Crippen LogP contribution >= 0.6 is 11.6 Å². The van der Waals surface area contributed by atoms with E-state index in [1.165, 1.54) is 6.07 Å². The quantitative estimate of drug-likeness (QED) is 0.750. The molecule has 3 rings (SSSR count). The number of fused-ring (bicyclic) bond motifs is 1. The van der Waals surface area contributed by atoms with Gasteiger partial charge in [0, 0.05) is 24.9 Å². The van der Waals surface area contributed by atoms with Crippen LogP contribution < -0.4 is 11.0 Å². The van der Waals surface area contributed by atoms with Crippen LogP contribution in [0.25, 0.3) is 16.6 Å². The van der Waals surface area contributed by atoms with Gasteiger partial charge in [-0.05, 0) is 24.3 Å². The Labute approximate surface area is 152 Å². The molecule has 0 aliphatic carbocycles. The van der Waals surface area contributed by atoms with E-state index in [9.17, 15) is 18.8 Å². The van der Waals surface area contributed by atoms with Gasteiger partial charge in [0.1, 0.15) is 5.82 Å². The van der Waals surface area contributed by atoms with E-state index in [2.05, 4.69) is 10.3 Å². The van der Waals surface area contributed by atoms with Gasteiger partial charge in [0.15, 0.2) is 0 Å². The molecule has 132 valence electrons. The zero-order chi connectivity index (χ0) is 19.1. The summed E-state index contributed by atoms with van der Waals surface area (Å²) in [4.78, 5) is 16.5. The summed E-state index contributed by atoms with van der Waals surface area (Å²) in [5, 5.41) is 12.7. The highest BCUT2D eigenvalue weighted by Gasteiger charge is 2.29. The maximum Gasteiger partial charge on any atom is 0.354 e. The Bertz CT molecular complexity index is 1110. The summed E-state index contributed by atoms with van der Waals surface area (Å²) >= 11 is 6.19. The number of hydrogen-bond acceptors (Lipinski definition) is 4. The van der Waals surface area contributed by atoms with Gasteiger partial charge in [-0.15, -0.1) is 0 Å². The molecule has 26 heavy (non-hydrogen) atoms. The minimum absolute atomic E-state index is 0.179. The molecule has 5 nitrogen and oxygen atoms in total. The lowest BCUT2D eigenvalue weighted by Gasteiger charge is -2.18. The number of para-hydroxylation sites is 1. The topological polar surface area (TPSA) is 70.7 Å². The predicted octanol–water partition coefficient (Wildman–Crippen LogP) is 4.06. The largest absolute Gasteiger partial charge is 0.372 e. The first-order valence-electron chi connectivity index (χ1n) is 7.59. The van der Waals surface area contributed by atoms with E-state index in [1.54, 1.807) is 37.4 Å². The summed E-state index contributed by atoms with van der Waals surface area (Å²) in [5.41, 5.74) is -0.842. The first-order chi connectivity index (χ1) is 12.3. The van der Waals surface area contributed by atoms with Crippen molar-refractivity contribution in [1.82, 2.24) is 9.55 Å². The zero-order valence-electron chi connectivity index (χ0n) is 13.8. The standard InChI is InChI=1S/C18H13ClF2N4O/c1-18(20,21)12-8-15-11(7-10(12)9-22)16(23-2)24-17(26)25(15)14-6-4-3-5-13(14)19/h3-8H,1-2H3,(H,23,24,26). The number of anilines is 1. The smallest absolute Gasteiger partial charge is 0.354 e. The van der Waals surface area contributed by atoms with E-state index >= 15 is 0 Å². The molecular formula is C18H13ClF2N4O. The van der Waals surface area contributed by atoms with Crippen LogP contribution in [-0.2, 0) is 5.92 Å². The second-order valence-electron chi connectivity index (χ2n) is 5.69. The van der Waals surface area contributed by atoms with Crippen molar-refractivity contribution in [3.05, 3.63) is 63.0 Å². The molecule has 0 amide bonds. The first-order valence-corrected chi connectivity index (χ1v) is 7.97. The fraction of sp³-hybridized carbons (Fsp3) is 0.167. The van der Waals surface area contributed by atoms with Gasteiger partial charge in [-0.1, -0.05) is 23.7 Å². The molecule has 0 aliphatic heterocycles. The molecule has 0 atom stereocenters. The van der Waals surface area contributed by atoms with Gasteiger partial charge in [0.2, 0.25) is 0 Å².